The first-order valence-corrected chi connectivity index (χ1v) is 5.80. The molecule has 2 rings (SSSR count). The number of hydrogen-bond acceptors (Lipinski definition) is 5. The zero-order valence-corrected chi connectivity index (χ0v) is 9.82. The molecule has 2 aromatic heterocycles. The minimum absolute atomic E-state index is 0.636. The van der Waals surface area contributed by atoms with E-state index in [4.69, 9.17) is 0 Å². The molecule has 2 heterocycles. The molecule has 0 saturated heterocycles. The van der Waals surface area contributed by atoms with Gasteiger partial charge in [0.05, 0.1) is 0 Å². The average molecular weight is 223 g/mol. The molecule has 5 nitrogen and oxygen atoms in total. The van der Waals surface area contributed by atoms with E-state index in [1.807, 2.05) is 7.05 Å². The molecule has 0 unspecified atom stereocenters. The van der Waals surface area contributed by atoms with Gasteiger partial charge in [-0.05, 0) is 5.92 Å². The molecule has 15 heavy (non-hydrogen) atoms. The van der Waals surface area contributed by atoms with Crippen molar-refractivity contribution in [1.29, 1.82) is 0 Å². The van der Waals surface area contributed by atoms with Crippen LogP contribution in [0.15, 0.2) is 11.4 Å². The van der Waals surface area contributed by atoms with Crippen molar-refractivity contribution in [3.05, 3.63) is 6.33 Å². The van der Waals surface area contributed by atoms with Crippen LogP contribution in [-0.2, 0) is 7.05 Å². The molecule has 6 heteroatoms. The fourth-order valence-electron chi connectivity index (χ4n) is 1.18. The molecule has 0 aliphatic heterocycles. The summed E-state index contributed by atoms with van der Waals surface area (Å²) in [4.78, 5) is 8.37. The molecule has 0 aromatic carbocycles. The fourth-order valence-corrected chi connectivity index (χ4v) is 2.07. The highest BCUT2D eigenvalue weighted by Gasteiger charge is 2.10. The Balaban J connectivity index is 2.34. The van der Waals surface area contributed by atoms with E-state index in [1.165, 1.54) is 0 Å². The van der Waals surface area contributed by atoms with E-state index < -0.39 is 0 Å². The summed E-state index contributed by atoms with van der Waals surface area (Å²) < 4.78 is 1.66. The lowest BCUT2D eigenvalue weighted by Gasteiger charge is -2.03. The van der Waals surface area contributed by atoms with Crippen molar-refractivity contribution in [2.75, 3.05) is 5.75 Å². The molecule has 0 spiro atoms. The first-order valence-electron chi connectivity index (χ1n) is 4.81. The number of hydrogen-bond donors (Lipinski definition) is 0. The molecule has 0 aliphatic rings. The van der Waals surface area contributed by atoms with Gasteiger partial charge < -0.3 is 0 Å². The molecule has 0 saturated carbocycles. The van der Waals surface area contributed by atoms with Crippen molar-refractivity contribution < 1.29 is 0 Å². The Kier molecular flexibility index (Phi) is 2.86. The Bertz CT molecular complexity index is 464. The molecular weight excluding hydrogens is 210 g/mol. The van der Waals surface area contributed by atoms with Gasteiger partial charge in [-0.2, -0.15) is 0 Å². The van der Waals surface area contributed by atoms with Crippen LogP contribution in [0.3, 0.4) is 0 Å². The first kappa shape index (κ1) is 10.4. The van der Waals surface area contributed by atoms with Crippen molar-refractivity contribution in [2.45, 2.75) is 18.9 Å². The summed E-state index contributed by atoms with van der Waals surface area (Å²) in [7, 11) is 1.83. The number of fused-ring (bicyclic) bond motifs is 1. The molecule has 2 aromatic rings. The molecule has 0 radical (unpaired) electrons. The van der Waals surface area contributed by atoms with Gasteiger partial charge >= 0.3 is 0 Å². The summed E-state index contributed by atoms with van der Waals surface area (Å²) in [6, 6.07) is 0. The van der Waals surface area contributed by atoms with E-state index in [9.17, 15) is 0 Å². The summed E-state index contributed by atoms with van der Waals surface area (Å²) in [5.74, 6) is 1.67. The molecule has 0 N–H and O–H groups in total. The molecule has 0 atom stereocenters. The van der Waals surface area contributed by atoms with Gasteiger partial charge in [-0.15, -0.1) is 16.9 Å². The Labute approximate surface area is 92.3 Å². The van der Waals surface area contributed by atoms with Crippen LogP contribution in [0.2, 0.25) is 0 Å². The Morgan fingerprint density at radius 1 is 1.40 bits per heavy atom. The van der Waals surface area contributed by atoms with Gasteiger partial charge in [0.25, 0.3) is 0 Å². The molecular formula is C9H13N5S. The zero-order chi connectivity index (χ0) is 10.8. The third-order valence-electron chi connectivity index (χ3n) is 1.91. The average Bonchev–Trinajstić information content (AvgIpc) is 2.58. The topological polar surface area (TPSA) is 56.5 Å². The Morgan fingerprint density at radius 3 is 2.93 bits per heavy atom. The van der Waals surface area contributed by atoms with Gasteiger partial charge in [-0.1, -0.05) is 19.1 Å². The van der Waals surface area contributed by atoms with Crippen LogP contribution in [0.4, 0.5) is 0 Å². The summed E-state index contributed by atoms with van der Waals surface area (Å²) >= 11 is 1.70. The number of aryl methyl sites for hydroxylation is 1. The normalized spacial score (nSPS) is 11.5. The van der Waals surface area contributed by atoms with E-state index in [0.717, 1.165) is 21.9 Å². The molecule has 0 amide bonds. The first-order chi connectivity index (χ1) is 7.18. The minimum Gasteiger partial charge on any atom is -0.230 e. The molecule has 0 aliphatic carbocycles. The van der Waals surface area contributed by atoms with E-state index in [0.29, 0.717) is 5.92 Å². The third-order valence-corrected chi connectivity index (χ3v) is 3.31. The van der Waals surface area contributed by atoms with Crippen LogP contribution in [0.1, 0.15) is 13.8 Å². The maximum Gasteiger partial charge on any atom is 0.182 e. The highest BCUT2D eigenvalue weighted by Crippen LogP contribution is 2.23. The van der Waals surface area contributed by atoms with Crippen LogP contribution in [0.5, 0.6) is 0 Å². The highest BCUT2D eigenvalue weighted by molar-refractivity contribution is 7.99. The van der Waals surface area contributed by atoms with Gasteiger partial charge in [-0.3, -0.25) is 0 Å². The second-order valence-corrected chi connectivity index (χ2v) is 4.78. The third kappa shape index (κ3) is 2.09. The Hall–Kier alpha value is -1.17. The van der Waals surface area contributed by atoms with Gasteiger partial charge in [0, 0.05) is 12.8 Å². The standard InChI is InChI=1S/C9H13N5S/c1-6(2)4-15-9-7-8(10-5-11-9)14(3)13-12-7/h5-6H,4H2,1-3H3. The zero-order valence-electron chi connectivity index (χ0n) is 9.01. The largest absolute Gasteiger partial charge is 0.230 e. The van der Waals surface area contributed by atoms with Crippen molar-refractivity contribution in [3.63, 3.8) is 0 Å². The lowest BCUT2D eigenvalue weighted by Crippen LogP contribution is -1.95. The van der Waals surface area contributed by atoms with Gasteiger partial charge in [-0.25, -0.2) is 14.6 Å². The summed E-state index contributed by atoms with van der Waals surface area (Å²) in [6.45, 7) is 4.37. The van der Waals surface area contributed by atoms with E-state index in [2.05, 4.69) is 34.1 Å². The number of thioether (sulfide) groups is 1. The van der Waals surface area contributed by atoms with Gasteiger partial charge in [0.2, 0.25) is 0 Å². The summed E-state index contributed by atoms with van der Waals surface area (Å²) in [6.07, 6.45) is 1.56. The predicted molar refractivity (Wildman–Crippen MR) is 59.7 cm³/mol. The summed E-state index contributed by atoms with van der Waals surface area (Å²) in [5, 5.41) is 8.92. The van der Waals surface area contributed by atoms with Crippen LogP contribution < -0.4 is 0 Å². The van der Waals surface area contributed by atoms with Crippen LogP contribution in [0.25, 0.3) is 11.2 Å². The molecule has 0 fully saturated rings. The van der Waals surface area contributed by atoms with Crippen molar-refractivity contribution in [1.82, 2.24) is 25.0 Å². The second-order valence-electron chi connectivity index (χ2n) is 3.77. The smallest absolute Gasteiger partial charge is 0.182 e. The van der Waals surface area contributed by atoms with Crippen LogP contribution in [0, 0.1) is 5.92 Å². The maximum atomic E-state index is 4.23. The van der Waals surface area contributed by atoms with Crippen LogP contribution >= 0.6 is 11.8 Å². The van der Waals surface area contributed by atoms with Crippen molar-refractivity contribution in [2.24, 2.45) is 13.0 Å². The van der Waals surface area contributed by atoms with Crippen LogP contribution in [-0.4, -0.2) is 30.7 Å². The minimum atomic E-state index is 0.636. The van der Waals surface area contributed by atoms with E-state index in [-0.39, 0.29) is 0 Å². The number of aromatic nitrogens is 5. The van der Waals surface area contributed by atoms with E-state index >= 15 is 0 Å². The lowest BCUT2D eigenvalue weighted by molar-refractivity contribution is 0.729. The number of rotatable bonds is 3. The fraction of sp³-hybridized carbons (Fsp3) is 0.556. The molecule has 0 bridgehead atoms. The maximum absolute atomic E-state index is 4.23. The highest BCUT2D eigenvalue weighted by atomic mass is 32.2. The second kappa shape index (κ2) is 4.14. The van der Waals surface area contributed by atoms with Gasteiger partial charge in [0.1, 0.15) is 11.4 Å². The SMILES string of the molecule is CC(C)CSc1ncnc2c1nnn2C. The monoisotopic (exact) mass is 223 g/mol. The summed E-state index contributed by atoms with van der Waals surface area (Å²) in [5.41, 5.74) is 1.59. The van der Waals surface area contributed by atoms with Gasteiger partial charge in [0.15, 0.2) is 11.2 Å². The predicted octanol–water partition coefficient (Wildman–Crippen LogP) is 1.51. The Morgan fingerprint density at radius 2 is 2.20 bits per heavy atom. The van der Waals surface area contributed by atoms with Crippen molar-refractivity contribution in [3.8, 4) is 0 Å². The molecule has 80 valence electrons. The van der Waals surface area contributed by atoms with E-state index in [1.54, 1.807) is 22.8 Å². The number of nitrogens with zero attached hydrogens (tertiary/aromatic N) is 5. The van der Waals surface area contributed by atoms with Crippen molar-refractivity contribution >= 4 is 22.9 Å². The quantitative estimate of drug-likeness (QED) is 0.583. The lowest BCUT2D eigenvalue weighted by atomic mass is 10.3.